The highest BCUT2D eigenvalue weighted by molar-refractivity contribution is 7.98. The van der Waals surface area contributed by atoms with Gasteiger partial charge in [0.15, 0.2) is 0 Å². The molecule has 1 amide bonds. The first-order valence-electron chi connectivity index (χ1n) is 10.4. The Balaban J connectivity index is 1.41. The number of carbonyl (C=O) groups is 1. The molecule has 2 aromatic carbocycles. The highest BCUT2D eigenvalue weighted by Crippen LogP contribution is 2.24. The topological polar surface area (TPSA) is 32.3 Å². The van der Waals surface area contributed by atoms with Crippen molar-refractivity contribution in [3.63, 3.8) is 0 Å². The van der Waals surface area contributed by atoms with Crippen molar-refractivity contribution in [2.24, 2.45) is 5.92 Å². The molecule has 0 radical (unpaired) electrons. The molecule has 0 unspecified atom stereocenters. The normalized spacial score (nSPS) is 17.9. The monoisotopic (exact) mass is 396 g/mol. The molecule has 0 bridgehead atoms. The van der Waals surface area contributed by atoms with E-state index >= 15 is 0 Å². The van der Waals surface area contributed by atoms with Gasteiger partial charge in [0.2, 0.25) is 5.91 Å². The van der Waals surface area contributed by atoms with Crippen LogP contribution in [0.25, 0.3) is 0 Å². The minimum absolute atomic E-state index is 0.0425. The molecule has 1 heterocycles. The molecule has 28 heavy (non-hydrogen) atoms. The van der Waals surface area contributed by atoms with Crippen molar-refractivity contribution in [3.8, 4) is 0 Å². The Morgan fingerprint density at radius 2 is 1.93 bits per heavy atom. The van der Waals surface area contributed by atoms with Gasteiger partial charge in [0.05, 0.1) is 6.04 Å². The van der Waals surface area contributed by atoms with Gasteiger partial charge in [0.1, 0.15) is 0 Å². The number of nitrogens with one attached hydrogen (secondary N) is 1. The van der Waals surface area contributed by atoms with Crippen molar-refractivity contribution in [3.05, 3.63) is 65.7 Å². The van der Waals surface area contributed by atoms with Crippen LogP contribution in [-0.2, 0) is 10.5 Å². The average Bonchev–Trinajstić information content (AvgIpc) is 2.72. The number of hydrogen-bond acceptors (Lipinski definition) is 3. The molecule has 2 aromatic rings. The lowest BCUT2D eigenvalue weighted by Gasteiger charge is -2.33. The predicted octanol–water partition coefficient (Wildman–Crippen LogP) is 5.42. The lowest BCUT2D eigenvalue weighted by molar-refractivity contribution is -0.121. The number of benzene rings is 2. The summed E-state index contributed by atoms with van der Waals surface area (Å²) in [5.74, 6) is 2.70. The van der Waals surface area contributed by atoms with Crippen molar-refractivity contribution >= 4 is 23.4 Å². The zero-order chi connectivity index (χ0) is 19.8. The van der Waals surface area contributed by atoms with E-state index in [1.165, 1.54) is 29.7 Å². The second-order valence-electron chi connectivity index (χ2n) is 7.86. The molecule has 0 aromatic heterocycles. The molecule has 1 aliphatic rings. The van der Waals surface area contributed by atoms with Gasteiger partial charge in [-0.1, -0.05) is 49.4 Å². The summed E-state index contributed by atoms with van der Waals surface area (Å²) in [6.07, 6.45) is 3.17. The van der Waals surface area contributed by atoms with Crippen molar-refractivity contribution in [1.29, 1.82) is 0 Å². The highest BCUT2D eigenvalue weighted by Gasteiger charge is 2.17. The van der Waals surface area contributed by atoms with Gasteiger partial charge < -0.3 is 10.2 Å². The van der Waals surface area contributed by atoms with Crippen LogP contribution in [0.2, 0.25) is 0 Å². The molecule has 4 heteroatoms. The third-order valence-electron chi connectivity index (χ3n) is 5.38. The van der Waals surface area contributed by atoms with Crippen LogP contribution in [0.4, 0.5) is 5.69 Å². The standard InChI is InChI=1S/C24H32N2OS/c1-19-7-6-15-26(17-19)23-12-10-22(11-13-23)20(2)25-24(27)14-16-28-18-21-8-4-3-5-9-21/h3-5,8-13,19-20H,6-7,14-18H2,1-2H3,(H,25,27)/t19-,20-/m1/s1. The third-order valence-corrected chi connectivity index (χ3v) is 6.41. The Kier molecular flexibility index (Phi) is 7.84. The van der Waals surface area contributed by atoms with Crippen molar-refractivity contribution in [2.75, 3.05) is 23.7 Å². The summed E-state index contributed by atoms with van der Waals surface area (Å²) in [5.41, 5.74) is 3.77. The summed E-state index contributed by atoms with van der Waals surface area (Å²) in [7, 11) is 0. The van der Waals surface area contributed by atoms with E-state index in [-0.39, 0.29) is 11.9 Å². The SMILES string of the molecule is C[C@@H]1CCCN(c2ccc([C@@H](C)NC(=O)CCSCc3ccccc3)cc2)C1. The maximum absolute atomic E-state index is 12.3. The molecule has 0 spiro atoms. The van der Waals surface area contributed by atoms with Gasteiger partial charge in [-0.25, -0.2) is 0 Å². The van der Waals surface area contributed by atoms with E-state index < -0.39 is 0 Å². The zero-order valence-corrected chi connectivity index (χ0v) is 17.9. The Labute approximate surface area is 173 Å². The molecule has 0 saturated carbocycles. The summed E-state index contributed by atoms with van der Waals surface area (Å²) in [6, 6.07) is 19.2. The van der Waals surface area contributed by atoms with E-state index in [2.05, 4.69) is 72.6 Å². The van der Waals surface area contributed by atoms with Crippen LogP contribution in [0.5, 0.6) is 0 Å². The lowest BCUT2D eigenvalue weighted by atomic mass is 9.99. The van der Waals surface area contributed by atoms with Gasteiger partial charge in [-0.2, -0.15) is 11.8 Å². The molecule has 1 saturated heterocycles. The van der Waals surface area contributed by atoms with Crippen LogP contribution in [0, 0.1) is 5.92 Å². The van der Waals surface area contributed by atoms with E-state index in [1.54, 1.807) is 0 Å². The summed E-state index contributed by atoms with van der Waals surface area (Å²) in [6.45, 7) is 6.69. The minimum atomic E-state index is 0.0425. The second kappa shape index (κ2) is 10.6. The number of amides is 1. The predicted molar refractivity (Wildman–Crippen MR) is 121 cm³/mol. The Morgan fingerprint density at radius 1 is 1.18 bits per heavy atom. The van der Waals surface area contributed by atoms with Gasteiger partial charge >= 0.3 is 0 Å². The van der Waals surface area contributed by atoms with E-state index in [4.69, 9.17) is 0 Å². The van der Waals surface area contributed by atoms with Gasteiger partial charge in [0.25, 0.3) is 0 Å². The lowest BCUT2D eigenvalue weighted by Crippen LogP contribution is -2.34. The third kappa shape index (κ3) is 6.30. The van der Waals surface area contributed by atoms with E-state index in [9.17, 15) is 4.79 Å². The van der Waals surface area contributed by atoms with Crippen molar-refractivity contribution in [1.82, 2.24) is 5.32 Å². The Morgan fingerprint density at radius 3 is 2.64 bits per heavy atom. The number of rotatable bonds is 8. The molecule has 2 atom stereocenters. The summed E-state index contributed by atoms with van der Waals surface area (Å²) >= 11 is 1.81. The highest BCUT2D eigenvalue weighted by atomic mass is 32.2. The molecule has 1 aliphatic heterocycles. The quantitative estimate of drug-likeness (QED) is 0.604. The molecule has 1 N–H and O–H groups in total. The van der Waals surface area contributed by atoms with Crippen LogP contribution in [0.1, 0.15) is 50.3 Å². The maximum Gasteiger partial charge on any atom is 0.221 e. The fourth-order valence-electron chi connectivity index (χ4n) is 3.72. The second-order valence-corrected chi connectivity index (χ2v) is 8.97. The first kappa shape index (κ1) is 20.8. The van der Waals surface area contributed by atoms with Gasteiger partial charge in [0, 0.05) is 36.7 Å². The fraction of sp³-hybridized carbons (Fsp3) is 0.458. The van der Waals surface area contributed by atoms with Crippen LogP contribution < -0.4 is 10.2 Å². The van der Waals surface area contributed by atoms with Crippen LogP contribution in [-0.4, -0.2) is 24.7 Å². The first-order valence-corrected chi connectivity index (χ1v) is 11.5. The minimum Gasteiger partial charge on any atom is -0.371 e. The number of anilines is 1. The molecule has 150 valence electrons. The molecule has 0 aliphatic carbocycles. The number of hydrogen-bond donors (Lipinski definition) is 1. The number of carbonyl (C=O) groups excluding carboxylic acids is 1. The Hall–Kier alpha value is -1.94. The number of piperidine rings is 1. The van der Waals surface area contributed by atoms with E-state index in [0.717, 1.165) is 30.5 Å². The van der Waals surface area contributed by atoms with Crippen LogP contribution in [0.3, 0.4) is 0 Å². The first-order chi connectivity index (χ1) is 13.6. The molecular formula is C24H32N2OS. The van der Waals surface area contributed by atoms with Gasteiger partial charge in [-0.15, -0.1) is 0 Å². The number of nitrogens with zero attached hydrogens (tertiary/aromatic N) is 1. The largest absolute Gasteiger partial charge is 0.371 e. The van der Waals surface area contributed by atoms with Gasteiger partial charge in [-0.3, -0.25) is 4.79 Å². The smallest absolute Gasteiger partial charge is 0.221 e. The molecule has 1 fully saturated rings. The molecular weight excluding hydrogens is 364 g/mol. The fourth-order valence-corrected chi connectivity index (χ4v) is 4.63. The summed E-state index contributed by atoms with van der Waals surface area (Å²) < 4.78 is 0. The van der Waals surface area contributed by atoms with Gasteiger partial charge in [-0.05, 0) is 48.9 Å². The van der Waals surface area contributed by atoms with E-state index in [0.29, 0.717) is 6.42 Å². The Bertz CT molecular complexity index is 732. The molecule has 3 nitrogen and oxygen atoms in total. The van der Waals surface area contributed by atoms with E-state index in [1.807, 2.05) is 17.8 Å². The van der Waals surface area contributed by atoms with Crippen molar-refractivity contribution < 1.29 is 4.79 Å². The zero-order valence-electron chi connectivity index (χ0n) is 17.1. The summed E-state index contributed by atoms with van der Waals surface area (Å²) in [4.78, 5) is 14.7. The number of thioether (sulfide) groups is 1. The van der Waals surface area contributed by atoms with Crippen molar-refractivity contribution in [2.45, 2.75) is 44.9 Å². The van der Waals surface area contributed by atoms with Crippen LogP contribution in [0.15, 0.2) is 54.6 Å². The summed E-state index contributed by atoms with van der Waals surface area (Å²) in [5, 5.41) is 3.14. The van der Waals surface area contributed by atoms with Crippen LogP contribution >= 0.6 is 11.8 Å². The molecule has 3 rings (SSSR count). The average molecular weight is 397 g/mol. The maximum atomic E-state index is 12.3.